The molecule has 0 heterocycles. The Bertz CT molecular complexity index is 603. The first-order valence-electron chi connectivity index (χ1n) is 6.15. The van der Waals surface area contributed by atoms with Crippen LogP contribution in [-0.4, -0.2) is 13.4 Å². The van der Waals surface area contributed by atoms with Crippen LogP contribution >= 0.6 is 11.6 Å². The van der Waals surface area contributed by atoms with Gasteiger partial charge in [-0.25, -0.2) is 0 Å². The Hall–Kier alpha value is -2.00. The number of carbonyl (C=O) groups excluding carboxylic acids is 1. The lowest BCUT2D eigenvalue weighted by Gasteiger charge is -2.13. The number of hydrogen-bond donors (Lipinski definition) is 0. The quantitative estimate of drug-likeness (QED) is 0.779. The molecule has 0 bridgehead atoms. The fourth-order valence-corrected chi connectivity index (χ4v) is 2.15. The molecular formula is C16H15ClO3. The van der Waals surface area contributed by atoms with E-state index < -0.39 is 0 Å². The largest absolute Gasteiger partial charge is 0.493 e. The molecule has 0 spiro atoms. The van der Waals surface area contributed by atoms with Gasteiger partial charge in [-0.1, -0.05) is 23.7 Å². The van der Waals surface area contributed by atoms with Crippen molar-refractivity contribution in [2.75, 3.05) is 7.11 Å². The van der Waals surface area contributed by atoms with Gasteiger partial charge in [0, 0.05) is 16.1 Å². The normalized spacial score (nSPS) is 10.2. The van der Waals surface area contributed by atoms with Gasteiger partial charge in [0.2, 0.25) is 0 Å². The molecule has 0 aliphatic rings. The molecule has 0 aliphatic carbocycles. The summed E-state index contributed by atoms with van der Waals surface area (Å²) >= 11 is 6.16. The molecule has 0 aliphatic heterocycles. The maximum Gasteiger partial charge on any atom is 0.161 e. The summed E-state index contributed by atoms with van der Waals surface area (Å²) in [6.45, 7) is 2.33. The summed E-state index contributed by atoms with van der Waals surface area (Å²) < 4.78 is 11.0. The summed E-state index contributed by atoms with van der Waals surface area (Å²) in [5.41, 5.74) is 2.56. The van der Waals surface area contributed by atoms with E-state index in [2.05, 4.69) is 0 Å². The first-order valence-corrected chi connectivity index (χ1v) is 6.53. The van der Waals surface area contributed by atoms with Crippen molar-refractivity contribution in [3.05, 3.63) is 58.1 Å². The van der Waals surface area contributed by atoms with Gasteiger partial charge in [-0.3, -0.25) is 4.79 Å². The van der Waals surface area contributed by atoms with Gasteiger partial charge in [-0.05, 0) is 36.8 Å². The van der Waals surface area contributed by atoms with Crippen LogP contribution in [0, 0.1) is 6.92 Å². The van der Waals surface area contributed by atoms with E-state index in [-0.39, 0.29) is 0 Å². The van der Waals surface area contributed by atoms with Gasteiger partial charge in [-0.15, -0.1) is 0 Å². The fraction of sp³-hybridized carbons (Fsp3) is 0.188. The summed E-state index contributed by atoms with van der Waals surface area (Å²) in [4.78, 5) is 10.7. The molecule has 0 saturated carbocycles. The predicted octanol–water partition coefficient (Wildman–Crippen LogP) is 4.05. The van der Waals surface area contributed by atoms with E-state index >= 15 is 0 Å². The molecule has 0 saturated heterocycles. The summed E-state index contributed by atoms with van der Waals surface area (Å²) in [6.07, 6.45) is 0.768. The highest BCUT2D eigenvalue weighted by molar-refractivity contribution is 6.31. The highest BCUT2D eigenvalue weighted by Crippen LogP contribution is 2.29. The van der Waals surface area contributed by atoms with Crippen molar-refractivity contribution in [2.45, 2.75) is 13.5 Å². The Morgan fingerprint density at radius 3 is 2.65 bits per heavy atom. The third kappa shape index (κ3) is 3.11. The fourth-order valence-electron chi connectivity index (χ4n) is 1.88. The van der Waals surface area contributed by atoms with Crippen LogP contribution in [0.2, 0.25) is 5.02 Å². The van der Waals surface area contributed by atoms with E-state index in [1.165, 1.54) is 7.11 Å². The summed E-state index contributed by atoms with van der Waals surface area (Å²) in [7, 11) is 1.54. The third-order valence-electron chi connectivity index (χ3n) is 3.05. The second-order valence-corrected chi connectivity index (χ2v) is 4.76. The molecule has 0 amide bonds. The number of methoxy groups -OCH3 is 1. The van der Waals surface area contributed by atoms with Gasteiger partial charge in [-0.2, -0.15) is 0 Å². The number of aldehydes is 1. The van der Waals surface area contributed by atoms with Gasteiger partial charge in [0.25, 0.3) is 0 Å². The van der Waals surface area contributed by atoms with Crippen LogP contribution < -0.4 is 9.47 Å². The van der Waals surface area contributed by atoms with Crippen LogP contribution in [0.3, 0.4) is 0 Å². The zero-order valence-corrected chi connectivity index (χ0v) is 12.1. The van der Waals surface area contributed by atoms with Crippen LogP contribution in [-0.2, 0) is 6.61 Å². The van der Waals surface area contributed by atoms with Gasteiger partial charge in [0.15, 0.2) is 11.5 Å². The van der Waals surface area contributed by atoms with Crippen molar-refractivity contribution < 1.29 is 14.3 Å². The number of benzene rings is 2. The van der Waals surface area contributed by atoms with Crippen LogP contribution in [0.4, 0.5) is 0 Å². The molecule has 2 rings (SSSR count). The SMILES string of the molecule is COc1cc(C=O)ccc1OCc1c(C)cccc1Cl. The van der Waals surface area contributed by atoms with E-state index in [1.807, 2.05) is 25.1 Å². The topological polar surface area (TPSA) is 35.5 Å². The second kappa shape index (κ2) is 6.44. The van der Waals surface area contributed by atoms with Crippen LogP contribution in [0.25, 0.3) is 0 Å². The smallest absolute Gasteiger partial charge is 0.161 e. The minimum Gasteiger partial charge on any atom is -0.493 e. The summed E-state index contributed by atoms with van der Waals surface area (Å²) in [6, 6.07) is 10.8. The number of aryl methyl sites for hydroxylation is 1. The van der Waals surface area contributed by atoms with Crippen molar-refractivity contribution in [3.63, 3.8) is 0 Å². The van der Waals surface area contributed by atoms with Crippen molar-refractivity contribution in [1.82, 2.24) is 0 Å². The van der Waals surface area contributed by atoms with Crippen molar-refractivity contribution >= 4 is 17.9 Å². The highest BCUT2D eigenvalue weighted by Gasteiger charge is 2.09. The van der Waals surface area contributed by atoms with E-state index in [0.29, 0.717) is 28.7 Å². The molecule has 0 radical (unpaired) electrons. The monoisotopic (exact) mass is 290 g/mol. The Balaban J connectivity index is 2.21. The first-order chi connectivity index (χ1) is 9.65. The lowest BCUT2D eigenvalue weighted by molar-refractivity contribution is 0.112. The molecule has 2 aromatic rings. The van der Waals surface area contributed by atoms with Crippen molar-refractivity contribution in [2.24, 2.45) is 0 Å². The average Bonchev–Trinajstić information content (AvgIpc) is 2.46. The van der Waals surface area contributed by atoms with Crippen molar-refractivity contribution in [3.8, 4) is 11.5 Å². The molecule has 0 fully saturated rings. The Morgan fingerprint density at radius 1 is 1.20 bits per heavy atom. The van der Waals surface area contributed by atoms with E-state index in [9.17, 15) is 4.79 Å². The zero-order valence-electron chi connectivity index (χ0n) is 11.4. The third-order valence-corrected chi connectivity index (χ3v) is 3.40. The van der Waals surface area contributed by atoms with Gasteiger partial charge >= 0.3 is 0 Å². The average molecular weight is 291 g/mol. The highest BCUT2D eigenvalue weighted by atomic mass is 35.5. The molecular weight excluding hydrogens is 276 g/mol. The minimum atomic E-state index is 0.350. The maximum absolute atomic E-state index is 10.7. The Morgan fingerprint density at radius 2 is 2.00 bits per heavy atom. The zero-order chi connectivity index (χ0) is 14.5. The summed E-state index contributed by atoms with van der Waals surface area (Å²) in [5.74, 6) is 1.11. The summed E-state index contributed by atoms with van der Waals surface area (Å²) in [5, 5.41) is 0.675. The molecule has 0 unspecified atom stereocenters. The number of halogens is 1. The first kappa shape index (κ1) is 14.4. The Kier molecular flexibility index (Phi) is 4.64. The van der Waals surface area contributed by atoms with Crippen molar-refractivity contribution in [1.29, 1.82) is 0 Å². The van der Waals surface area contributed by atoms with Gasteiger partial charge < -0.3 is 9.47 Å². The number of ether oxygens (including phenoxy) is 2. The molecule has 0 atom stereocenters. The van der Waals surface area contributed by atoms with E-state index in [0.717, 1.165) is 17.4 Å². The molecule has 20 heavy (non-hydrogen) atoms. The van der Waals surface area contributed by atoms with Crippen LogP contribution in [0.1, 0.15) is 21.5 Å². The number of carbonyl (C=O) groups is 1. The predicted molar refractivity (Wildman–Crippen MR) is 78.9 cm³/mol. The lowest BCUT2D eigenvalue weighted by atomic mass is 10.1. The van der Waals surface area contributed by atoms with E-state index in [1.54, 1.807) is 18.2 Å². The molecule has 0 aromatic heterocycles. The van der Waals surface area contributed by atoms with Gasteiger partial charge in [0.05, 0.1) is 7.11 Å². The second-order valence-electron chi connectivity index (χ2n) is 4.35. The maximum atomic E-state index is 10.7. The molecule has 4 heteroatoms. The molecule has 104 valence electrons. The minimum absolute atomic E-state index is 0.350. The molecule has 0 N–H and O–H groups in total. The van der Waals surface area contributed by atoms with Gasteiger partial charge in [0.1, 0.15) is 12.9 Å². The Labute approximate surface area is 123 Å². The van der Waals surface area contributed by atoms with E-state index in [4.69, 9.17) is 21.1 Å². The van der Waals surface area contributed by atoms with Crippen LogP contribution in [0.5, 0.6) is 11.5 Å². The number of rotatable bonds is 5. The standard InChI is InChI=1S/C16H15ClO3/c1-11-4-3-5-14(17)13(11)10-20-15-7-6-12(9-18)8-16(15)19-2/h3-9H,10H2,1-2H3. The lowest BCUT2D eigenvalue weighted by Crippen LogP contribution is -2.00. The molecule has 3 nitrogen and oxygen atoms in total. The molecule has 2 aromatic carbocycles. The number of hydrogen-bond acceptors (Lipinski definition) is 3. The van der Waals surface area contributed by atoms with Crippen LogP contribution in [0.15, 0.2) is 36.4 Å².